The van der Waals surface area contributed by atoms with Crippen molar-refractivity contribution in [1.29, 1.82) is 0 Å². The van der Waals surface area contributed by atoms with Crippen molar-refractivity contribution in [1.82, 2.24) is 15.5 Å². The van der Waals surface area contributed by atoms with Crippen LogP contribution in [0.2, 0.25) is 0 Å². The Hall–Kier alpha value is -3.15. The molecule has 6 nitrogen and oxygen atoms in total. The maximum absolute atomic E-state index is 12.4. The SMILES string of the molecule is Cc1noc([C@H](C)NC(=O)c2cccc(OCc3ccccc3)c2)n1. The van der Waals surface area contributed by atoms with Crippen molar-refractivity contribution in [2.24, 2.45) is 0 Å². The van der Waals surface area contributed by atoms with Gasteiger partial charge < -0.3 is 14.6 Å². The van der Waals surface area contributed by atoms with Crippen LogP contribution in [0, 0.1) is 6.92 Å². The van der Waals surface area contributed by atoms with E-state index in [1.807, 2.05) is 36.4 Å². The van der Waals surface area contributed by atoms with E-state index in [2.05, 4.69) is 15.5 Å². The summed E-state index contributed by atoms with van der Waals surface area (Å²) in [5.74, 6) is 1.32. The van der Waals surface area contributed by atoms with E-state index in [1.54, 1.807) is 32.0 Å². The lowest BCUT2D eigenvalue weighted by Gasteiger charge is -2.11. The van der Waals surface area contributed by atoms with Crippen molar-refractivity contribution in [3.05, 3.63) is 77.4 Å². The lowest BCUT2D eigenvalue weighted by molar-refractivity contribution is 0.0932. The number of aromatic nitrogens is 2. The van der Waals surface area contributed by atoms with Crippen LogP contribution >= 0.6 is 0 Å². The minimum absolute atomic E-state index is 0.228. The number of nitrogens with zero attached hydrogens (tertiary/aromatic N) is 2. The number of carbonyl (C=O) groups is 1. The Balaban J connectivity index is 1.63. The number of hydrogen-bond acceptors (Lipinski definition) is 5. The van der Waals surface area contributed by atoms with Gasteiger partial charge in [0.2, 0.25) is 5.89 Å². The van der Waals surface area contributed by atoms with E-state index >= 15 is 0 Å². The van der Waals surface area contributed by atoms with E-state index in [-0.39, 0.29) is 11.9 Å². The maximum Gasteiger partial charge on any atom is 0.252 e. The normalized spacial score (nSPS) is 11.8. The Labute approximate surface area is 145 Å². The molecule has 25 heavy (non-hydrogen) atoms. The molecule has 1 amide bonds. The first-order valence-electron chi connectivity index (χ1n) is 7.99. The number of amides is 1. The van der Waals surface area contributed by atoms with Gasteiger partial charge in [-0.3, -0.25) is 4.79 Å². The number of hydrogen-bond donors (Lipinski definition) is 1. The van der Waals surface area contributed by atoms with E-state index in [4.69, 9.17) is 9.26 Å². The lowest BCUT2D eigenvalue weighted by atomic mass is 10.2. The van der Waals surface area contributed by atoms with Gasteiger partial charge in [0, 0.05) is 5.56 Å². The predicted molar refractivity (Wildman–Crippen MR) is 92.1 cm³/mol. The van der Waals surface area contributed by atoms with Crippen LogP contribution in [-0.2, 0) is 6.61 Å². The fourth-order valence-corrected chi connectivity index (χ4v) is 2.30. The molecule has 0 unspecified atom stereocenters. The minimum Gasteiger partial charge on any atom is -0.489 e. The lowest BCUT2D eigenvalue weighted by Crippen LogP contribution is -2.26. The average Bonchev–Trinajstić information content (AvgIpc) is 3.08. The third-order valence-corrected chi connectivity index (χ3v) is 3.61. The summed E-state index contributed by atoms with van der Waals surface area (Å²) < 4.78 is 10.8. The number of nitrogens with one attached hydrogen (secondary N) is 1. The van der Waals surface area contributed by atoms with Crippen LogP contribution in [0.4, 0.5) is 0 Å². The average molecular weight is 337 g/mol. The zero-order valence-electron chi connectivity index (χ0n) is 14.1. The van der Waals surface area contributed by atoms with Crippen LogP contribution in [0.5, 0.6) is 5.75 Å². The predicted octanol–water partition coefficient (Wildman–Crippen LogP) is 3.45. The van der Waals surface area contributed by atoms with Crippen LogP contribution in [0.15, 0.2) is 59.1 Å². The number of rotatable bonds is 6. The highest BCUT2D eigenvalue weighted by Crippen LogP contribution is 2.17. The summed E-state index contributed by atoms with van der Waals surface area (Å²) in [7, 11) is 0. The molecule has 128 valence electrons. The van der Waals surface area contributed by atoms with Crippen LogP contribution in [0.1, 0.15) is 40.6 Å². The molecular formula is C19H19N3O3. The van der Waals surface area contributed by atoms with Crippen molar-refractivity contribution in [3.8, 4) is 5.75 Å². The van der Waals surface area contributed by atoms with Crippen LogP contribution in [0.3, 0.4) is 0 Å². The van der Waals surface area contributed by atoms with E-state index in [0.29, 0.717) is 29.6 Å². The van der Waals surface area contributed by atoms with Gasteiger partial charge in [-0.1, -0.05) is 41.6 Å². The Morgan fingerprint density at radius 1 is 1.20 bits per heavy atom. The molecule has 0 fully saturated rings. The van der Waals surface area contributed by atoms with Crippen molar-refractivity contribution in [2.75, 3.05) is 0 Å². The number of aryl methyl sites for hydroxylation is 1. The molecule has 1 aromatic heterocycles. The highest BCUT2D eigenvalue weighted by molar-refractivity contribution is 5.94. The van der Waals surface area contributed by atoms with Crippen molar-refractivity contribution in [2.45, 2.75) is 26.5 Å². The molecule has 0 radical (unpaired) electrons. The largest absolute Gasteiger partial charge is 0.489 e. The maximum atomic E-state index is 12.4. The minimum atomic E-state index is -0.373. The van der Waals surface area contributed by atoms with E-state index in [9.17, 15) is 4.79 Å². The van der Waals surface area contributed by atoms with E-state index in [0.717, 1.165) is 5.56 Å². The Kier molecular flexibility index (Phi) is 5.09. The highest BCUT2D eigenvalue weighted by Gasteiger charge is 2.16. The topological polar surface area (TPSA) is 77.2 Å². The first-order valence-corrected chi connectivity index (χ1v) is 7.99. The van der Waals surface area contributed by atoms with Crippen LogP contribution in [0.25, 0.3) is 0 Å². The van der Waals surface area contributed by atoms with Gasteiger partial charge in [-0.2, -0.15) is 4.98 Å². The van der Waals surface area contributed by atoms with Crippen LogP contribution < -0.4 is 10.1 Å². The summed E-state index contributed by atoms with van der Waals surface area (Å²) in [5.41, 5.74) is 1.58. The number of benzene rings is 2. The highest BCUT2D eigenvalue weighted by atomic mass is 16.5. The molecule has 3 rings (SSSR count). The monoisotopic (exact) mass is 337 g/mol. The molecule has 2 aromatic carbocycles. The molecule has 1 N–H and O–H groups in total. The molecule has 0 aliphatic rings. The second kappa shape index (κ2) is 7.61. The standard InChI is InChI=1S/C19H19N3O3/c1-13(19-21-14(2)22-25-19)20-18(23)16-9-6-10-17(11-16)24-12-15-7-4-3-5-8-15/h3-11,13H,12H2,1-2H3,(H,20,23)/t13-/m0/s1. The third-order valence-electron chi connectivity index (χ3n) is 3.61. The summed E-state index contributed by atoms with van der Waals surface area (Å²) in [4.78, 5) is 16.5. The third kappa shape index (κ3) is 4.44. The smallest absolute Gasteiger partial charge is 0.252 e. The van der Waals surface area contributed by atoms with Crippen LogP contribution in [-0.4, -0.2) is 16.0 Å². The fourth-order valence-electron chi connectivity index (χ4n) is 2.30. The zero-order chi connectivity index (χ0) is 17.6. The van der Waals surface area contributed by atoms with Gasteiger partial charge in [-0.05, 0) is 37.6 Å². The van der Waals surface area contributed by atoms with Crippen molar-refractivity contribution in [3.63, 3.8) is 0 Å². The molecule has 6 heteroatoms. The summed E-state index contributed by atoms with van der Waals surface area (Å²) in [6.45, 7) is 3.97. The van der Waals surface area contributed by atoms with Gasteiger partial charge in [0.25, 0.3) is 5.91 Å². The number of carbonyl (C=O) groups excluding carboxylic acids is 1. The molecule has 1 heterocycles. The zero-order valence-corrected chi connectivity index (χ0v) is 14.1. The van der Waals surface area contributed by atoms with E-state index in [1.165, 1.54) is 0 Å². The molecule has 1 atom stereocenters. The quantitative estimate of drug-likeness (QED) is 0.745. The number of ether oxygens (including phenoxy) is 1. The van der Waals surface area contributed by atoms with Gasteiger partial charge in [0.15, 0.2) is 5.82 Å². The molecule has 0 spiro atoms. The van der Waals surface area contributed by atoms with E-state index < -0.39 is 0 Å². The summed E-state index contributed by atoms with van der Waals surface area (Å²) in [6, 6.07) is 16.5. The fraction of sp³-hybridized carbons (Fsp3) is 0.211. The van der Waals surface area contributed by atoms with Crippen molar-refractivity contribution >= 4 is 5.91 Å². The van der Waals surface area contributed by atoms with Gasteiger partial charge in [0.1, 0.15) is 18.4 Å². The molecule has 0 aliphatic heterocycles. The Bertz CT molecular complexity index is 846. The molecular weight excluding hydrogens is 318 g/mol. The second-order valence-corrected chi connectivity index (χ2v) is 5.68. The summed E-state index contributed by atoms with van der Waals surface area (Å²) in [6.07, 6.45) is 0. The molecule has 0 bridgehead atoms. The first kappa shape index (κ1) is 16.7. The Morgan fingerprint density at radius 2 is 2.00 bits per heavy atom. The molecule has 0 saturated heterocycles. The second-order valence-electron chi connectivity index (χ2n) is 5.68. The van der Waals surface area contributed by atoms with Gasteiger partial charge in [-0.25, -0.2) is 0 Å². The molecule has 0 aliphatic carbocycles. The van der Waals surface area contributed by atoms with Gasteiger partial charge in [-0.15, -0.1) is 0 Å². The summed E-state index contributed by atoms with van der Waals surface area (Å²) in [5, 5.41) is 6.56. The van der Waals surface area contributed by atoms with Gasteiger partial charge in [0.05, 0.1) is 0 Å². The van der Waals surface area contributed by atoms with Crippen molar-refractivity contribution < 1.29 is 14.1 Å². The molecule has 0 saturated carbocycles. The molecule has 3 aromatic rings. The summed E-state index contributed by atoms with van der Waals surface area (Å²) >= 11 is 0. The Morgan fingerprint density at radius 3 is 2.72 bits per heavy atom. The first-order chi connectivity index (χ1) is 12.1. The van der Waals surface area contributed by atoms with Gasteiger partial charge >= 0.3 is 0 Å².